The van der Waals surface area contributed by atoms with E-state index in [0.29, 0.717) is 52.4 Å². The lowest BCUT2D eigenvalue weighted by atomic mass is 10.0. The van der Waals surface area contributed by atoms with Gasteiger partial charge >= 0.3 is 0 Å². The molecule has 1 aliphatic rings. The summed E-state index contributed by atoms with van der Waals surface area (Å²) in [5.74, 6) is 0.952. The first-order valence-electron chi connectivity index (χ1n) is 12.4. The first-order valence-corrected chi connectivity index (χ1v) is 14.2. The maximum Gasteiger partial charge on any atom is 0.252 e. The van der Waals surface area contributed by atoms with Crippen molar-refractivity contribution in [3.05, 3.63) is 70.9 Å². The lowest BCUT2D eigenvalue weighted by molar-refractivity contribution is 0.0952. The van der Waals surface area contributed by atoms with Gasteiger partial charge in [0.05, 0.1) is 54.1 Å². The molecule has 1 N–H and O–H groups in total. The van der Waals surface area contributed by atoms with Gasteiger partial charge in [0.1, 0.15) is 0 Å². The number of ether oxygens (including phenoxy) is 2. The molecule has 1 aliphatic heterocycles. The molecular weight excluding hydrogens is 504 g/mol. The predicted molar refractivity (Wildman–Crippen MR) is 145 cm³/mol. The minimum atomic E-state index is -3.15. The molecule has 1 atom stereocenters. The first-order chi connectivity index (χ1) is 18.2. The van der Waals surface area contributed by atoms with Gasteiger partial charge in [-0.25, -0.2) is 18.1 Å². The maximum atomic E-state index is 13.6. The normalized spacial score (nSPS) is 16.5. The molecule has 1 unspecified atom stereocenters. The zero-order chi connectivity index (χ0) is 27.0. The molecule has 10 heteroatoms. The van der Waals surface area contributed by atoms with Crippen LogP contribution in [0.3, 0.4) is 0 Å². The summed E-state index contributed by atoms with van der Waals surface area (Å²) in [5, 5.41) is 8.30. The van der Waals surface area contributed by atoms with E-state index in [1.165, 1.54) is 0 Å². The van der Waals surface area contributed by atoms with Crippen LogP contribution in [0.15, 0.2) is 48.5 Å². The third-order valence-electron chi connectivity index (χ3n) is 6.89. The molecule has 38 heavy (non-hydrogen) atoms. The van der Waals surface area contributed by atoms with Crippen molar-refractivity contribution < 1.29 is 22.7 Å². The molecule has 198 valence electrons. The molecule has 3 heterocycles. The highest BCUT2D eigenvalue weighted by Gasteiger charge is 2.32. The van der Waals surface area contributed by atoms with E-state index in [1.807, 2.05) is 44.2 Å². The van der Waals surface area contributed by atoms with E-state index >= 15 is 0 Å². The van der Waals surface area contributed by atoms with Crippen LogP contribution in [0.2, 0.25) is 0 Å². The second kappa shape index (κ2) is 10.1. The van der Waals surface area contributed by atoms with E-state index in [0.717, 1.165) is 16.7 Å². The molecule has 1 amide bonds. The highest BCUT2D eigenvalue weighted by molar-refractivity contribution is 7.91. The lowest BCUT2D eigenvalue weighted by Crippen LogP contribution is -2.23. The zero-order valence-corrected chi connectivity index (χ0v) is 22.6. The van der Waals surface area contributed by atoms with Crippen LogP contribution in [0, 0.1) is 13.8 Å². The van der Waals surface area contributed by atoms with Gasteiger partial charge in [-0.15, -0.1) is 0 Å². The van der Waals surface area contributed by atoms with Crippen LogP contribution in [-0.2, 0) is 16.4 Å². The Morgan fingerprint density at radius 1 is 1.05 bits per heavy atom. The van der Waals surface area contributed by atoms with Crippen molar-refractivity contribution in [1.29, 1.82) is 0 Å². The Morgan fingerprint density at radius 3 is 2.45 bits per heavy atom. The van der Waals surface area contributed by atoms with Crippen molar-refractivity contribution in [2.75, 3.05) is 25.7 Å². The van der Waals surface area contributed by atoms with Gasteiger partial charge in [0, 0.05) is 12.1 Å². The van der Waals surface area contributed by atoms with Gasteiger partial charge in [0.15, 0.2) is 27.0 Å². The number of rotatable bonds is 7. The monoisotopic (exact) mass is 534 g/mol. The number of carbonyl (C=O) groups excluding carboxylic acids is 1. The van der Waals surface area contributed by atoms with Gasteiger partial charge in [-0.05, 0) is 50.1 Å². The topological polar surface area (TPSA) is 112 Å². The number of benzene rings is 2. The largest absolute Gasteiger partial charge is 0.493 e. The van der Waals surface area contributed by atoms with Crippen LogP contribution in [0.5, 0.6) is 11.5 Å². The fourth-order valence-electron chi connectivity index (χ4n) is 4.84. The maximum absolute atomic E-state index is 13.6. The summed E-state index contributed by atoms with van der Waals surface area (Å²) in [5.41, 5.74) is 4.93. The number of methoxy groups -OCH3 is 2. The highest BCUT2D eigenvalue weighted by Crippen LogP contribution is 2.35. The van der Waals surface area contributed by atoms with Crippen molar-refractivity contribution in [3.63, 3.8) is 0 Å². The number of nitrogens with zero attached hydrogens (tertiary/aromatic N) is 3. The molecule has 0 radical (unpaired) electrons. The standard InChI is InChI=1S/C28H30N4O5S/c1-17-5-7-19(8-6-17)15-29-28(33)22-14-23(20-9-10-24(36-3)25(13-20)37-4)30-27-26(22)18(2)31-32(27)21-11-12-38(34,35)16-21/h5-10,13-14,21H,11-12,15-16H2,1-4H3,(H,29,33). The second-order valence-corrected chi connectivity index (χ2v) is 11.8. The summed E-state index contributed by atoms with van der Waals surface area (Å²) in [6.07, 6.45) is 0.454. The van der Waals surface area contributed by atoms with Crippen LogP contribution in [-0.4, -0.2) is 54.8 Å². The summed E-state index contributed by atoms with van der Waals surface area (Å²) in [7, 11) is -0.0276. The molecule has 0 spiro atoms. The Morgan fingerprint density at radius 2 is 1.79 bits per heavy atom. The van der Waals surface area contributed by atoms with Crippen molar-refractivity contribution in [1.82, 2.24) is 20.1 Å². The summed E-state index contributed by atoms with van der Waals surface area (Å²) in [6, 6.07) is 14.8. The number of aryl methyl sites for hydroxylation is 2. The van der Waals surface area contributed by atoms with Crippen LogP contribution < -0.4 is 14.8 Å². The van der Waals surface area contributed by atoms with E-state index in [2.05, 4.69) is 10.4 Å². The number of amides is 1. The van der Waals surface area contributed by atoms with Crippen molar-refractivity contribution in [3.8, 4) is 22.8 Å². The molecule has 1 saturated heterocycles. The van der Waals surface area contributed by atoms with Crippen LogP contribution in [0.1, 0.15) is 39.6 Å². The van der Waals surface area contributed by atoms with Crippen LogP contribution in [0.25, 0.3) is 22.3 Å². The highest BCUT2D eigenvalue weighted by atomic mass is 32.2. The average Bonchev–Trinajstić information content (AvgIpc) is 3.45. The molecule has 0 bridgehead atoms. The number of pyridine rings is 1. The third-order valence-corrected chi connectivity index (χ3v) is 8.64. The van der Waals surface area contributed by atoms with Gasteiger partial charge in [0.2, 0.25) is 0 Å². The van der Waals surface area contributed by atoms with Gasteiger partial charge in [-0.2, -0.15) is 5.10 Å². The van der Waals surface area contributed by atoms with E-state index < -0.39 is 9.84 Å². The van der Waals surface area contributed by atoms with E-state index in [4.69, 9.17) is 14.5 Å². The number of fused-ring (bicyclic) bond motifs is 1. The zero-order valence-electron chi connectivity index (χ0n) is 21.8. The van der Waals surface area contributed by atoms with E-state index in [1.54, 1.807) is 37.1 Å². The number of aromatic nitrogens is 3. The Kier molecular flexibility index (Phi) is 6.83. The molecule has 4 aromatic rings. The molecule has 1 fully saturated rings. The molecule has 2 aromatic heterocycles. The van der Waals surface area contributed by atoms with E-state index in [9.17, 15) is 13.2 Å². The van der Waals surface area contributed by atoms with Gasteiger partial charge in [0.25, 0.3) is 5.91 Å². The smallest absolute Gasteiger partial charge is 0.252 e. The predicted octanol–water partition coefficient (Wildman–Crippen LogP) is 4.02. The number of sulfone groups is 1. The third kappa shape index (κ3) is 4.96. The minimum Gasteiger partial charge on any atom is -0.493 e. The molecule has 0 saturated carbocycles. The van der Waals surface area contributed by atoms with Crippen molar-refractivity contribution in [2.24, 2.45) is 0 Å². The van der Waals surface area contributed by atoms with Crippen molar-refractivity contribution in [2.45, 2.75) is 32.9 Å². The first kappa shape index (κ1) is 25.7. The lowest BCUT2D eigenvalue weighted by Gasteiger charge is -2.14. The van der Waals surface area contributed by atoms with Crippen LogP contribution in [0.4, 0.5) is 0 Å². The molecule has 2 aromatic carbocycles. The fourth-order valence-corrected chi connectivity index (χ4v) is 6.53. The quantitative estimate of drug-likeness (QED) is 0.381. The van der Waals surface area contributed by atoms with Crippen molar-refractivity contribution >= 4 is 26.8 Å². The number of carbonyl (C=O) groups is 1. The number of hydrogen-bond acceptors (Lipinski definition) is 7. The van der Waals surface area contributed by atoms with Crippen LogP contribution >= 0.6 is 0 Å². The summed E-state index contributed by atoms with van der Waals surface area (Å²) < 4.78 is 37.0. The Hall–Kier alpha value is -3.92. The average molecular weight is 535 g/mol. The second-order valence-electron chi connectivity index (χ2n) is 9.58. The number of nitrogens with one attached hydrogen (secondary N) is 1. The van der Waals surface area contributed by atoms with Gasteiger partial charge < -0.3 is 14.8 Å². The fraction of sp³-hybridized carbons (Fsp3) is 0.321. The minimum absolute atomic E-state index is 0.000436. The molecule has 9 nitrogen and oxygen atoms in total. The molecule has 5 rings (SSSR count). The van der Waals surface area contributed by atoms with Gasteiger partial charge in [-0.3, -0.25) is 4.79 Å². The Labute approximate surface area is 221 Å². The SMILES string of the molecule is COc1ccc(-c2cc(C(=O)NCc3ccc(C)cc3)c3c(C)nn(C4CCS(=O)(=O)C4)c3n2)cc1OC. The Bertz CT molecular complexity index is 1630. The van der Waals surface area contributed by atoms with E-state index in [-0.39, 0.29) is 23.5 Å². The molecule has 0 aliphatic carbocycles. The summed E-state index contributed by atoms with van der Waals surface area (Å²) >= 11 is 0. The summed E-state index contributed by atoms with van der Waals surface area (Å²) in [4.78, 5) is 18.5. The molecular formula is C28H30N4O5S. The number of hydrogen-bond donors (Lipinski definition) is 1. The van der Waals surface area contributed by atoms with Gasteiger partial charge in [-0.1, -0.05) is 29.8 Å². The Balaban J connectivity index is 1.62. The summed E-state index contributed by atoms with van der Waals surface area (Å²) in [6.45, 7) is 4.20.